The molecule has 2 aliphatic heterocycles. The molecule has 3 aliphatic rings. The number of allylic oxidation sites excluding steroid dienone is 1. The van der Waals surface area contributed by atoms with Crippen LogP contribution in [0, 0.1) is 17.8 Å². The fourth-order valence-corrected chi connectivity index (χ4v) is 5.84. The molecule has 0 saturated carbocycles. The highest BCUT2D eigenvalue weighted by Gasteiger charge is 2.58. The smallest absolute Gasteiger partial charge is 0.487 e. The second kappa shape index (κ2) is 9.38. The first kappa shape index (κ1) is 27.2. The lowest BCUT2D eigenvalue weighted by molar-refractivity contribution is -0.143. The van der Waals surface area contributed by atoms with E-state index in [0.29, 0.717) is 17.0 Å². The number of aromatic hydroxyl groups is 1. The van der Waals surface area contributed by atoms with Gasteiger partial charge in [0.15, 0.2) is 0 Å². The zero-order chi connectivity index (χ0) is 28.4. The monoisotopic (exact) mass is 555 g/mol. The molecule has 39 heavy (non-hydrogen) atoms. The van der Waals surface area contributed by atoms with E-state index in [0.717, 1.165) is 0 Å². The number of anilines is 1. The number of carbonyl (C=O) groups excluding carboxylic acids is 2. The van der Waals surface area contributed by atoms with Gasteiger partial charge in [0, 0.05) is 5.56 Å². The molecular formula is C25H20BF6NO6. The molecule has 4 atom stereocenters. The van der Waals surface area contributed by atoms with Crippen molar-refractivity contribution in [1.82, 2.24) is 0 Å². The summed E-state index contributed by atoms with van der Waals surface area (Å²) in [5.74, 6) is -5.61. The number of hydrogen-bond donors (Lipinski definition) is 3. The molecule has 0 aromatic heterocycles. The van der Waals surface area contributed by atoms with E-state index < -0.39 is 78.6 Å². The number of hydrogen-bond acceptors (Lipinski definition) is 6. The van der Waals surface area contributed by atoms with Crippen LogP contribution in [0.2, 0.25) is 0 Å². The fourth-order valence-electron chi connectivity index (χ4n) is 5.84. The second-order valence-electron chi connectivity index (χ2n) is 9.71. The van der Waals surface area contributed by atoms with E-state index >= 15 is 0 Å². The van der Waals surface area contributed by atoms with Crippen LogP contribution in [-0.4, -0.2) is 40.8 Å². The van der Waals surface area contributed by atoms with Crippen molar-refractivity contribution in [3.05, 3.63) is 70.2 Å². The summed E-state index contributed by atoms with van der Waals surface area (Å²) in [6, 6.07) is 6.56. The lowest BCUT2D eigenvalue weighted by Gasteiger charge is -2.42. The van der Waals surface area contributed by atoms with Gasteiger partial charge in [-0.3, -0.25) is 9.59 Å². The molecule has 7 nitrogen and oxygen atoms in total. The lowest BCUT2D eigenvalue weighted by Crippen LogP contribution is -2.45. The Morgan fingerprint density at radius 1 is 0.949 bits per heavy atom. The Kier molecular flexibility index (Phi) is 6.55. The summed E-state index contributed by atoms with van der Waals surface area (Å²) in [7, 11) is -1.64. The maximum Gasteiger partial charge on any atom is 0.487 e. The van der Waals surface area contributed by atoms with Crippen molar-refractivity contribution in [2.75, 3.05) is 11.5 Å². The summed E-state index contributed by atoms with van der Waals surface area (Å²) in [5, 5.41) is 31.0. The number of amides is 2. The van der Waals surface area contributed by atoms with Crippen molar-refractivity contribution in [2.45, 2.75) is 31.3 Å². The number of alkyl halides is 6. The molecule has 206 valence electrons. The summed E-state index contributed by atoms with van der Waals surface area (Å²) in [4.78, 5) is 27.4. The van der Waals surface area contributed by atoms with Crippen molar-refractivity contribution in [2.24, 2.45) is 17.8 Å². The Bertz CT molecular complexity index is 1340. The molecule has 2 saturated heterocycles. The molecule has 14 heteroatoms. The third kappa shape index (κ3) is 4.59. The molecule has 2 amide bonds. The van der Waals surface area contributed by atoms with Crippen LogP contribution in [-0.2, 0) is 26.6 Å². The molecule has 2 heterocycles. The average Bonchev–Trinajstić information content (AvgIpc) is 3.11. The predicted octanol–water partition coefficient (Wildman–Crippen LogP) is 4.03. The first-order valence-corrected chi connectivity index (χ1v) is 11.8. The van der Waals surface area contributed by atoms with Gasteiger partial charge in [0.2, 0.25) is 11.8 Å². The Hall–Kier alpha value is -3.36. The van der Waals surface area contributed by atoms with Crippen LogP contribution in [0.3, 0.4) is 0 Å². The largest absolute Gasteiger partial charge is 0.508 e. The second-order valence-corrected chi connectivity index (χ2v) is 9.71. The number of rotatable bonds is 3. The predicted molar refractivity (Wildman–Crippen MR) is 123 cm³/mol. The lowest BCUT2D eigenvalue weighted by atomic mass is 9.55. The van der Waals surface area contributed by atoms with Crippen molar-refractivity contribution in [1.29, 1.82) is 0 Å². The first-order valence-electron chi connectivity index (χ1n) is 11.8. The summed E-state index contributed by atoms with van der Waals surface area (Å²) >= 11 is 0. The van der Waals surface area contributed by atoms with Gasteiger partial charge in [-0.1, -0.05) is 18.2 Å². The van der Waals surface area contributed by atoms with Gasteiger partial charge < -0.3 is 19.9 Å². The number of carbonyl (C=O) groups is 2. The fraction of sp³-hybridized carbons (Fsp3) is 0.360. The number of phenols is 1. The minimum atomic E-state index is -5.19. The van der Waals surface area contributed by atoms with E-state index in [9.17, 15) is 51.2 Å². The summed E-state index contributed by atoms with van der Waals surface area (Å²) in [5.41, 5.74) is -3.65. The summed E-state index contributed by atoms with van der Waals surface area (Å²) in [6.45, 7) is -0.625. The zero-order valence-corrected chi connectivity index (χ0v) is 19.8. The summed E-state index contributed by atoms with van der Waals surface area (Å²) < 4.78 is 86.4. The molecule has 0 unspecified atom stereocenters. The first-order chi connectivity index (χ1) is 18.2. The standard InChI is InChI=1S/C25H20BF6NO6/c27-24(28,29)12-6-13(25(30,31)32)8-14(7-12)33-22(36)17-5-11(10-34)21-16(20(17)23(33)37)9-19(39-26(21)38)15-3-1-2-4-18(15)35/h1-4,6-8,16-17,19-20,34-35,38H,5,9-10H2/t16-,17-,19-,20+/m0/s1. The highest BCUT2D eigenvalue weighted by molar-refractivity contribution is 6.53. The molecule has 1 aliphatic carbocycles. The number of nitrogens with zero attached hydrogens (tertiary/aromatic N) is 1. The van der Waals surface area contributed by atoms with Gasteiger partial charge in [0.25, 0.3) is 0 Å². The Balaban J connectivity index is 1.58. The number of para-hydroxylation sites is 1. The van der Waals surface area contributed by atoms with Gasteiger partial charge in [-0.05, 0) is 54.1 Å². The van der Waals surface area contributed by atoms with Gasteiger partial charge >= 0.3 is 19.5 Å². The minimum Gasteiger partial charge on any atom is -0.508 e. The third-order valence-electron chi connectivity index (χ3n) is 7.52. The number of aliphatic hydroxyl groups excluding tert-OH is 1. The van der Waals surface area contributed by atoms with E-state index in [-0.39, 0.29) is 41.3 Å². The Morgan fingerprint density at radius 2 is 1.56 bits per heavy atom. The number of halogens is 6. The van der Waals surface area contributed by atoms with Gasteiger partial charge in [0.05, 0.1) is 41.4 Å². The van der Waals surface area contributed by atoms with E-state index in [2.05, 4.69) is 0 Å². The van der Waals surface area contributed by atoms with Crippen molar-refractivity contribution in [3.8, 4) is 5.75 Å². The Labute approximate surface area is 217 Å². The van der Waals surface area contributed by atoms with Crippen molar-refractivity contribution in [3.63, 3.8) is 0 Å². The van der Waals surface area contributed by atoms with Crippen LogP contribution in [0.1, 0.15) is 35.6 Å². The number of aliphatic hydroxyl groups is 1. The van der Waals surface area contributed by atoms with Crippen LogP contribution >= 0.6 is 0 Å². The van der Waals surface area contributed by atoms with Gasteiger partial charge in [0.1, 0.15) is 5.75 Å². The molecule has 2 aromatic rings. The third-order valence-corrected chi connectivity index (χ3v) is 7.52. The minimum absolute atomic E-state index is 0.0577. The number of fused-ring (bicyclic) bond motifs is 3. The van der Waals surface area contributed by atoms with Gasteiger partial charge in [-0.15, -0.1) is 0 Å². The van der Waals surface area contributed by atoms with E-state index in [1.54, 1.807) is 12.1 Å². The maximum absolute atomic E-state index is 13.6. The van der Waals surface area contributed by atoms with E-state index in [1.165, 1.54) is 12.1 Å². The highest BCUT2D eigenvalue weighted by atomic mass is 19.4. The normalized spacial score (nSPS) is 25.7. The summed E-state index contributed by atoms with van der Waals surface area (Å²) in [6.07, 6.45) is -11.7. The van der Waals surface area contributed by atoms with Crippen LogP contribution in [0.4, 0.5) is 32.0 Å². The average molecular weight is 555 g/mol. The van der Waals surface area contributed by atoms with Crippen molar-refractivity contribution >= 4 is 24.6 Å². The van der Waals surface area contributed by atoms with Crippen LogP contribution < -0.4 is 4.90 Å². The molecule has 2 aromatic carbocycles. The Morgan fingerprint density at radius 3 is 2.13 bits per heavy atom. The quantitative estimate of drug-likeness (QED) is 0.300. The van der Waals surface area contributed by atoms with E-state index in [1.807, 2.05) is 0 Å². The maximum atomic E-state index is 13.6. The molecule has 0 bridgehead atoms. The van der Waals surface area contributed by atoms with E-state index in [4.69, 9.17) is 4.65 Å². The molecular weight excluding hydrogens is 535 g/mol. The number of phenolic OH excluding ortho intramolecular Hbond substituents is 1. The topological polar surface area (TPSA) is 107 Å². The number of imide groups is 1. The van der Waals surface area contributed by atoms with Crippen LogP contribution in [0.25, 0.3) is 0 Å². The van der Waals surface area contributed by atoms with Crippen molar-refractivity contribution < 1.29 is 55.8 Å². The zero-order valence-electron chi connectivity index (χ0n) is 19.8. The van der Waals surface area contributed by atoms with Crippen LogP contribution in [0.5, 0.6) is 5.75 Å². The molecule has 2 fully saturated rings. The molecule has 0 radical (unpaired) electrons. The highest BCUT2D eigenvalue weighted by Crippen LogP contribution is 2.53. The molecule has 5 rings (SSSR count). The van der Waals surface area contributed by atoms with Crippen LogP contribution in [0.15, 0.2) is 53.5 Å². The van der Waals surface area contributed by atoms with Gasteiger partial charge in [-0.2, -0.15) is 26.3 Å². The SMILES string of the molecule is O=C1[C@H]2[C@H](CC(CO)=C3B(O)O[C@H](c4ccccc4O)C[C@H]32)C(=O)N1c1cc(C(F)(F)F)cc(C(F)(F)F)c1. The number of benzene rings is 2. The molecule has 0 spiro atoms. The van der Waals surface area contributed by atoms with Gasteiger partial charge in [-0.25, -0.2) is 4.90 Å². The molecule has 3 N–H and O–H groups in total.